The van der Waals surface area contributed by atoms with Crippen LogP contribution in [-0.2, 0) is 4.79 Å². The maximum Gasteiger partial charge on any atom is 0.308 e. The predicted octanol–water partition coefficient (Wildman–Crippen LogP) is 4.82. The summed E-state index contributed by atoms with van der Waals surface area (Å²) in [5, 5.41) is 22.5. The Morgan fingerprint density at radius 1 is 1.12 bits per heavy atom. The molecule has 6 nitrogen and oxygen atoms in total. The van der Waals surface area contributed by atoms with Crippen LogP contribution in [0.4, 0.5) is 19.0 Å². The first kappa shape index (κ1) is 20.4. The third-order valence-electron chi connectivity index (χ3n) is 6.87. The molecule has 0 spiro atoms. The average molecular weight is 440 g/mol. The van der Waals surface area contributed by atoms with Gasteiger partial charge in [-0.3, -0.25) is 4.79 Å². The maximum absolute atomic E-state index is 14.9. The molecule has 3 aromatic rings. The molecule has 0 unspecified atom stereocenters. The number of aromatic nitrogens is 2. The molecule has 0 saturated heterocycles. The van der Waals surface area contributed by atoms with Crippen LogP contribution in [0.5, 0.6) is 0 Å². The number of carbonyl (C=O) groups is 1. The standard InChI is InChI=1S/C23H19F3N4O2/c24-13-6-14-15(9-28-21(14)16(25)7-13)19-12(8-27)5-17(26)22(29-19)30-20-11-3-1-10(2-4-11)18(20)23(31)32/h5-7,9-11,18,20,28H,1-4H2,(H,29,30)(H,31,32)/t10?,11?,18-,20-/m0/s1. The van der Waals surface area contributed by atoms with Gasteiger partial charge in [0.05, 0.1) is 22.7 Å². The molecule has 0 radical (unpaired) electrons. The molecule has 0 amide bonds. The minimum Gasteiger partial charge on any atom is -0.481 e. The highest BCUT2D eigenvalue weighted by Crippen LogP contribution is 2.46. The number of pyridine rings is 1. The van der Waals surface area contributed by atoms with Crippen molar-refractivity contribution in [3.63, 3.8) is 0 Å². The van der Waals surface area contributed by atoms with Crippen LogP contribution < -0.4 is 5.32 Å². The van der Waals surface area contributed by atoms with Gasteiger partial charge in [-0.05, 0) is 49.7 Å². The number of hydrogen-bond donors (Lipinski definition) is 3. The lowest BCUT2D eigenvalue weighted by atomic mass is 9.61. The summed E-state index contributed by atoms with van der Waals surface area (Å²) in [6.07, 6.45) is 4.78. The summed E-state index contributed by atoms with van der Waals surface area (Å²) in [7, 11) is 0. The van der Waals surface area contributed by atoms with Crippen molar-refractivity contribution in [2.45, 2.75) is 31.7 Å². The first-order valence-electron chi connectivity index (χ1n) is 10.4. The molecule has 0 aliphatic heterocycles. The highest BCUT2D eigenvalue weighted by Gasteiger charge is 2.47. The number of carboxylic acids is 1. The fraction of sp³-hybridized carbons (Fsp3) is 0.348. The highest BCUT2D eigenvalue weighted by molar-refractivity contribution is 5.96. The number of anilines is 1. The molecule has 3 fully saturated rings. The number of aromatic amines is 1. The summed E-state index contributed by atoms with van der Waals surface area (Å²) in [4.78, 5) is 18.9. The van der Waals surface area contributed by atoms with Crippen molar-refractivity contribution in [1.29, 1.82) is 5.26 Å². The summed E-state index contributed by atoms with van der Waals surface area (Å²) in [6, 6.07) is 4.26. The highest BCUT2D eigenvalue weighted by atomic mass is 19.1. The van der Waals surface area contributed by atoms with Crippen molar-refractivity contribution >= 4 is 22.7 Å². The normalized spacial score (nSPS) is 24.4. The lowest BCUT2D eigenvalue weighted by Gasteiger charge is -2.47. The molecule has 2 heterocycles. The zero-order chi connectivity index (χ0) is 22.6. The second kappa shape index (κ2) is 7.55. The largest absolute Gasteiger partial charge is 0.481 e. The third-order valence-corrected chi connectivity index (χ3v) is 6.87. The van der Waals surface area contributed by atoms with Gasteiger partial charge >= 0.3 is 5.97 Å². The van der Waals surface area contributed by atoms with Crippen molar-refractivity contribution in [2.24, 2.45) is 17.8 Å². The van der Waals surface area contributed by atoms with Gasteiger partial charge in [0, 0.05) is 29.3 Å². The zero-order valence-corrected chi connectivity index (χ0v) is 16.8. The van der Waals surface area contributed by atoms with Gasteiger partial charge in [0.1, 0.15) is 17.7 Å². The third kappa shape index (κ3) is 3.18. The molecule has 3 N–H and O–H groups in total. The smallest absolute Gasteiger partial charge is 0.308 e. The van der Waals surface area contributed by atoms with Gasteiger partial charge in [-0.2, -0.15) is 5.26 Å². The van der Waals surface area contributed by atoms with E-state index < -0.39 is 35.4 Å². The van der Waals surface area contributed by atoms with Crippen LogP contribution in [0.3, 0.4) is 0 Å². The molecule has 3 saturated carbocycles. The zero-order valence-electron chi connectivity index (χ0n) is 16.8. The SMILES string of the molecule is N#Cc1cc(F)c(N[C@H]2C3CCC(CC3)[C@@H]2C(=O)O)nc1-c1c[nH]c2c(F)cc(F)cc12. The molecule has 1 aromatic carbocycles. The first-order valence-corrected chi connectivity index (χ1v) is 10.4. The Kier molecular flexibility index (Phi) is 4.81. The minimum atomic E-state index is -0.922. The number of rotatable bonds is 4. The number of aliphatic carboxylic acids is 1. The molecule has 2 atom stereocenters. The number of carboxylic acid groups (broad SMARTS) is 1. The van der Waals surface area contributed by atoms with Crippen LogP contribution in [0.15, 0.2) is 24.4 Å². The monoisotopic (exact) mass is 440 g/mol. The quantitative estimate of drug-likeness (QED) is 0.540. The van der Waals surface area contributed by atoms with Crippen molar-refractivity contribution in [2.75, 3.05) is 5.32 Å². The van der Waals surface area contributed by atoms with E-state index in [1.54, 1.807) is 0 Å². The van der Waals surface area contributed by atoms with Gasteiger partial charge in [0.15, 0.2) is 11.6 Å². The van der Waals surface area contributed by atoms with Gasteiger partial charge in [0.25, 0.3) is 0 Å². The molecular formula is C23H19F3N4O2. The van der Waals surface area contributed by atoms with E-state index in [0.29, 0.717) is 0 Å². The number of halogens is 3. The van der Waals surface area contributed by atoms with Crippen LogP contribution in [0, 0.1) is 46.5 Å². The molecule has 164 valence electrons. The molecule has 2 bridgehead atoms. The molecule has 32 heavy (non-hydrogen) atoms. The van der Waals surface area contributed by atoms with Crippen LogP contribution >= 0.6 is 0 Å². The van der Waals surface area contributed by atoms with Gasteiger partial charge in [-0.15, -0.1) is 0 Å². The Morgan fingerprint density at radius 3 is 2.53 bits per heavy atom. The summed E-state index contributed by atoms with van der Waals surface area (Å²) in [5.41, 5.74) is 0.249. The number of benzene rings is 1. The van der Waals surface area contributed by atoms with Gasteiger partial charge in [0.2, 0.25) is 0 Å². The van der Waals surface area contributed by atoms with Gasteiger partial charge in [-0.25, -0.2) is 18.2 Å². The van der Waals surface area contributed by atoms with E-state index >= 15 is 0 Å². The van der Waals surface area contributed by atoms with E-state index in [0.717, 1.165) is 43.9 Å². The summed E-state index contributed by atoms with van der Waals surface area (Å²) >= 11 is 0. The Labute approximate surface area is 181 Å². The van der Waals surface area contributed by atoms with Crippen molar-refractivity contribution in [3.8, 4) is 17.3 Å². The number of nitriles is 1. The summed E-state index contributed by atoms with van der Waals surface area (Å²) < 4.78 is 42.8. The topological polar surface area (TPSA) is 102 Å². The molecule has 3 aliphatic carbocycles. The van der Waals surface area contributed by atoms with E-state index in [2.05, 4.69) is 15.3 Å². The summed E-state index contributed by atoms with van der Waals surface area (Å²) in [6.45, 7) is 0. The Balaban J connectivity index is 1.60. The number of H-pyrrole nitrogens is 1. The second-order valence-electron chi connectivity index (χ2n) is 8.55. The Hall–Kier alpha value is -3.54. The molecular weight excluding hydrogens is 421 g/mol. The number of nitrogens with one attached hydrogen (secondary N) is 2. The van der Waals surface area contributed by atoms with E-state index in [1.165, 1.54) is 6.20 Å². The predicted molar refractivity (Wildman–Crippen MR) is 110 cm³/mol. The number of nitrogens with zero attached hydrogens (tertiary/aromatic N) is 2. The summed E-state index contributed by atoms with van der Waals surface area (Å²) in [5.74, 6) is -4.02. The molecule has 3 aliphatic rings. The van der Waals surface area contributed by atoms with Crippen molar-refractivity contribution in [1.82, 2.24) is 9.97 Å². The van der Waals surface area contributed by atoms with Gasteiger partial charge in [-0.1, -0.05) is 0 Å². The lowest BCUT2D eigenvalue weighted by Crippen LogP contribution is -2.51. The fourth-order valence-corrected chi connectivity index (χ4v) is 5.40. The maximum atomic E-state index is 14.9. The number of hydrogen-bond acceptors (Lipinski definition) is 4. The van der Waals surface area contributed by atoms with E-state index in [-0.39, 0.29) is 45.4 Å². The van der Waals surface area contributed by atoms with Gasteiger partial charge < -0.3 is 15.4 Å². The van der Waals surface area contributed by atoms with E-state index in [1.807, 2.05) is 6.07 Å². The fourth-order valence-electron chi connectivity index (χ4n) is 5.40. The van der Waals surface area contributed by atoms with Crippen LogP contribution in [0.25, 0.3) is 22.2 Å². The number of fused-ring (bicyclic) bond motifs is 4. The molecule has 9 heteroatoms. The second-order valence-corrected chi connectivity index (χ2v) is 8.55. The van der Waals surface area contributed by atoms with Crippen LogP contribution in [0.2, 0.25) is 0 Å². The van der Waals surface area contributed by atoms with E-state index in [4.69, 9.17) is 0 Å². The van der Waals surface area contributed by atoms with Crippen molar-refractivity contribution < 1.29 is 23.1 Å². The molecule has 6 rings (SSSR count). The van der Waals surface area contributed by atoms with Crippen molar-refractivity contribution in [3.05, 3.63) is 47.4 Å². The van der Waals surface area contributed by atoms with Crippen LogP contribution in [0.1, 0.15) is 31.2 Å². The molecule has 2 aromatic heterocycles. The van der Waals surface area contributed by atoms with E-state index in [9.17, 15) is 28.3 Å². The minimum absolute atomic E-state index is 0.0236. The lowest BCUT2D eigenvalue weighted by molar-refractivity contribution is -0.148. The Morgan fingerprint density at radius 2 is 1.84 bits per heavy atom. The Bertz CT molecular complexity index is 1270. The first-order chi connectivity index (χ1) is 15.4. The van der Waals surface area contributed by atoms with Crippen LogP contribution in [-0.4, -0.2) is 27.1 Å². The average Bonchev–Trinajstić information content (AvgIpc) is 3.19.